The quantitative estimate of drug-likeness (QED) is 0.863. The van der Waals surface area contributed by atoms with Crippen LogP contribution in [-0.2, 0) is 4.79 Å². The summed E-state index contributed by atoms with van der Waals surface area (Å²) in [6.07, 6.45) is 2.47. The van der Waals surface area contributed by atoms with Crippen LogP contribution in [0.1, 0.15) is 44.2 Å². The second-order valence-corrected chi connectivity index (χ2v) is 7.13. The van der Waals surface area contributed by atoms with E-state index in [2.05, 4.69) is 10.2 Å². The average molecular weight is 339 g/mol. The normalized spacial score (nSPS) is 21.2. The van der Waals surface area contributed by atoms with Crippen LogP contribution in [0.25, 0.3) is 0 Å². The van der Waals surface area contributed by atoms with Gasteiger partial charge in [-0.3, -0.25) is 9.69 Å². The van der Waals surface area contributed by atoms with Crippen LogP contribution in [0.15, 0.2) is 12.1 Å². The molecule has 1 aliphatic rings. The highest BCUT2D eigenvalue weighted by Crippen LogP contribution is 2.29. The summed E-state index contributed by atoms with van der Waals surface area (Å²) in [6.45, 7) is 8.56. The Morgan fingerprint density at radius 2 is 2.13 bits per heavy atom. The van der Waals surface area contributed by atoms with Gasteiger partial charge in [-0.1, -0.05) is 17.7 Å². The molecule has 1 amide bonds. The van der Waals surface area contributed by atoms with E-state index in [4.69, 9.17) is 11.6 Å². The number of aliphatic hydroxyl groups is 1. The molecule has 0 saturated carbocycles. The number of nitrogens with one attached hydrogen (secondary N) is 1. The number of hydrogen-bond donors (Lipinski definition) is 2. The van der Waals surface area contributed by atoms with Gasteiger partial charge in [-0.15, -0.1) is 0 Å². The molecule has 4 nitrogen and oxygen atoms in total. The lowest BCUT2D eigenvalue weighted by atomic mass is 10.1. The third kappa shape index (κ3) is 4.46. The van der Waals surface area contributed by atoms with E-state index in [1.54, 1.807) is 6.92 Å². The van der Waals surface area contributed by atoms with Crippen molar-refractivity contribution in [2.45, 2.75) is 65.1 Å². The van der Waals surface area contributed by atoms with Crippen LogP contribution in [-0.4, -0.2) is 40.6 Å². The number of likely N-dealkylation sites (tertiary alicyclic amines) is 1. The van der Waals surface area contributed by atoms with Crippen molar-refractivity contribution in [3.05, 3.63) is 28.3 Å². The van der Waals surface area contributed by atoms with Crippen LogP contribution in [0.3, 0.4) is 0 Å². The fraction of sp³-hybridized carbons (Fsp3) is 0.611. The van der Waals surface area contributed by atoms with Crippen LogP contribution in [0.2, 0.25) is 5.02 Å². The fourth-order valence-electron chi connectivity index (χ4n) is 3.47. The summed E-state index contributed by atoms with van der Waals surface area (Å²) in [7, 11) is 0. The molecule has 1 aromatic carbocycles. The SMILES string of the molecule is Cc1cc(C)c(NC(=O)C(C)N2CCCC2CC(C)O)c(Cl)c1. The van der Waals surface area contributed by atoms with Gasteiger partial charge in [0, 0.05) is 6.04 Å². The van der Waals surface area contributed by atoms with Gasteiger partial charge < -0.3 is 10.4 Å². The summed E-state index contributed by atoms with van der Waals surface area (Å²) in [5.74, 6) is -0.0451. The van der Waals surface area contributed by atoms with Crippen molar-refractivity contribution in [2.24, 2.45) is 0 Å². The molecule has 1 aliphatic heterocycles. The van der Waals surface area contributed by atoms with Gasteiger partial charge in [0.1, 0.15) is 0 Å². The van der Waals surface area contributed by atoms with E-state index in [-0.39, 0.29) is 24.1 Å². The van der Waals surface area contributed by atoms with Crippen molar-refractivity contribution in [2.75, 3.05) is 11.9 Å². The van der Waals surface area contributed by atoms with Gasteiger partial charge in [-0.2, -0.15) is 0 Å². The first kappa shape index (κ1) is 18.2. The molecule has 128 valence electrons. The smallest absolute Gasteiger partial charge is 0.241 e. The number of aryl methyl sites for hydroxylation is 2. The summed E-state index contributed by atoms with van der Waals surface area (Å²) < 4.78 is 0. The zero-order valence-electron chi connectivity index (χ0n) is 14.4. The molecule has 23 heavy (non-hydrogen) atoms. The number of nitrogens with zero attached hydrogens (tertiary/aromatic N) is 1. The predicted molar refractivity (Wildman–Crippen MR) is 95.0 cm³/mol. The Morgan fingerprint density at radius 3 is 2.74 bits per heavy atom. The van der Waals surface area contributed by atoms with E-state index in [1.807, 2.05) is 32.9 Å². The first-order valence-electron chi connectivity index (χ1n) is 8.31. The molecule has 0 spiro atoms. The Hall–Kier alpha value is -1.10. The molecule has 2 rings (SSSR count). The molecule has 1 fully saturated rings. The minimum absolute atomic E-state index is 0.0451. The van der Waals surface area contributed by atoms with Gasteiger partial charge in [-0.05, 0) is 70.7 Å². The molecule has 5 heteroatoms. The lowest BCUT2D eigenvalue weighted by Crippen LogP contribution is -2.45. The van der Waals surface area contributed by atoms with Crippen molar-refractivity contribution in [1.82, 2.24) is 4.90 Å². The molecule has 3 atom stereocenters. The van der Waals surface area contributed by atoms with Crippen molar-refractivity contribution in [3.8, 4) is 0 Å². The Labute approximate surface area is 143 Å². The number of aliphatic hydroxyl groups excluding tert-OH is 1. The maximum atomic E-state index is 12.6. The topological polar surface area (TPSA) is 52.6 Å². The van der Waals surface area contributed by atoms with Gasteiger partial charge in [0.15, 0.2) is 0 Å². The van der Waals surface area contributed by atoms with E-state index in [9.17, 15) is 9.90 Å². The zero-order chi connectivity index (χ0) is 17.1. The highest BCUT2D eigenvalue weighted by Gasteiger charge is 2.32. The van der Waals surface area contributed by atoms with Crippen LogP contribution in [0.4, 0.5) is 5.69 Å². The Balaban J connectivity index is 2.08. The molecule has 2 N–H and O–H groups in total. The number of halogens is 1. The van der Waals surface area contributed by atoms with Crippen LogP contribution < -0.4 is 5.32 Å². The van der Waals surface area contributed by atoms with Crippen LogP contribution in [0, 0.1) is 13.8 Å². The van der Waals surface area contributed by atoms with Crippen molar-refractivity contribution >= 4 is 23.2 Å². The number of carbonyl (C=O) groups excluding carboxylic acids is 1. The summed E-state index contributed by atoms with van der Waals surface area (Å²) in [4.78, 5) is 14.8. The molecule has 0 radical (unpaired) electrons. The molecule has 0 aliphatic carbocycles. The summed E-state index contributed by atoms with van der Waals surface area (Å²) in [5, 5.41) is 13.2. The van der Waals surface area contributed by atoms with Crippen molar-refractivity contribution in [3.63, 3.8) is 0 Å². The maximum absolute atomic E-state index is 12.6. The third-order valence-electron chi connectivity index (χ3n) is 4.59. The lowest BCUT2D eigenvalue weighted by Gasteiger charge is -2.30. The highest BCUT2D eigenvalue weighted by molar-refractivity contribution is 6.34. The van der Waals surface area contributed by atoms with E-state index in [1.165, 1.54) is 0 Å². The fourth-order valence-corrected chi connectivity index (χ4v) is 3.84. The second-order valence-electron chi connectivity index (χ2n) is 6.72. The highest BCUT2D eigenvalue weighted by atomic mass is 35.5. The van der Waals surface area contributed by atoms with Gasteiger partial charge in [-0.25, -0.2) is 0 Å². The van der Waals surface area contributed by atoms with Crippen molar-refractivity contribution < 1.29 is 9.90 Å². The molecule has 0 aromatic heterocycles. The Bertz CT molecular complexity index is 551. The molecule has 3 unspecified atom stereocenters. The predicted octanol–water partition coefficient (Wildman–Crippen LogP) is 3.52. The van der Waals surface area contributed by atoms with E-state index < -0.39 is 0 Å². The van der Waals surface area contributed by atoms with Gasteiger partial charge in [0.25, 0.3) is 0 Å². The zero-order valence-corrected chi connectivity index (χ0v) is 15.2. The molecule has 1 heterocycles. The number of carbonyl (C=O) groups is 1. The Morgan fingerprint density at radius 1 is 1.43 bits per heavy atom. The third-order valence-corrected chi connectivity index (χ3v) is 4.89. The van der Waals surface area contributed by atoms with Gasteiger partial charge in [0.2, 0.25) is 5.91 Å². The second kappa shape index (κ2) is 7.65. The minimum Gasteiger partial charge on any atom is -0.393 e. The molecular formula is C18H27ClN2O2. The standard InChI is InChI=1S/C18H27ClN2O2/c1-11-8-12(2)17(16(19)9-11)20-18(23)14(4)21-7-5-6-15(21)10-13(3)22/h8-9,13-15,22H,5-7,10H2,1-4H3,(H,20,23). The molecular weight excluding hydrogens is 312 g/mol. The minimum atomic E-state index is -0.343. The molecule has 0 bridgehead atoms. The van der Waals surface area contributed by atoms with E-state index >= 15 is 0 Å². The van der Waals surface area contributed by atoms with E-state index in [0.717, 1.165) is 30.5 Å². The Kier molecular flexibility index (Phi) is 6.06. The first-order valence-corrected chi connectivity index (χ1v) is 8.68. The van der Waals surface area contributed by atoms with Crippen LogP contribution in [0.5, 0.6) is 0 Å². The summed E-state index contributed by atoms with van der Waals surface area (Å²) in [5.41, 5.74) is 2.74. The summed E-state index contributed by atoms with van der Waals surface area (Å²) >= 11 is 6.28. The number of benzene rings is 1. The maximum Gasteiger partial charge on any atom is 0.241 e. The largest absolute Gasteiger partial charge is 0.393 e. The lowest BCUT2D eigenvalue weighted by molar-refractivity contribution is -0.121. The van der Waals surface area contributed by atoms with Crippen LogP contribution >= 0.6 is 11.6 Å². The van der Waals surface area contributed by atoms with Crippen molar-refractivity contribution in [1.29, 1.82) is 0 Å². The van der Waals surface area contributed by atoms with Gasteiger partial charge in [0.05, 0.1) is 22.9 Å². The molecule has 1 aromatic rings. The first-order chi connectivity index (χ1) is 10.8. The molecule has 1 saturated heterocycles. The van der Waals surface area contributed by atoms with E-state index in [0.29, 0.717) is 17.1 Å². The van der Waals surface area contributed by atoms with Gasteiger partial charge >= 0.3 is 0 Å². The summed E-state index contributed by atoms with van der Waals surface area (Å²) in [6, 6.07) is 3.91. The number of rotatable bonds is 5. The monoisotopic (exact) mass is 338 g/mol. The number of anilines is 1. The number of amides is 1. The number of hydrogen-bond acceptors (Lipinski definition) is 3. The average Bonchev–Trinajstić information content (AvgIpc) is 2.88.